The Hall–Kier alpha value is -1.39. The number of hydrogen-bond donors (Lipinski definition) is 2. The van der Waals surface area contributed by atoms with Crippen molar-refractivity contribution in [2.75, 3.05) is 38.1 Å². The predicted octanol–water partition coefficient (Wildman–Crippen LogP) is 1.42. The van der Waals surface area contributed by atoms with Crippen molar-refractivity contribution >= 4 is 5.82 Å². The van der Waals surface area contributed by atoms with Crippen molar-refractivity contribution in [2.45, 2.75) is 18.4 Å². The van der Waals surface area contributed by atoms with Crippen molar-refractivity contribution in [1.82, 2.24) is 15.6 Å². The summed E-state index contributed by atoms with van der Waals surface area (Å²) in [6.07, 6.45) is 6.10. The first-order valence-corrected chi connectivity index (χ1v) is 6.99. The van der Waals surface area contributed by atoms with Gasteiger partial charge in [0.05, 0.1) is 0 Å². The Kier molecular flexibility index (Phi) is 4.93. The Morgan fingerprint density at radius 1 is 1.37 bits per heavy atom. The lowest BCUT2D eigenvalue weighted by Gasteiger charge is -2.41. The van der Waals surface area contributed by atoms with Crippen molar-refractivity contribution in [3.63, 3.8) is 0 Å². The first-order valence-electron chi connectivity index (χ1n) is 6.99. The number of piperidine rings is 1. The highest BCUT2D eigenvalue weighted by Gasteiger charge is 2.31. The zero-order valence-corrected chi connectivity index (χ0v) is 11.7. The highest BCUT2D eigenvalue weighted by molar-refractivity contribution is 5.39. The minimum atomic E-state index is 0.0854. The van der Waals surface area contributed by atoms with Crippen LogP contribution in [0.5, 0.6) is 0 Å². The van der Waals surface area contributed by atoms with E-state index >= 15 is 0 Å². The molecule has 104 valence electrons. The summed E-state index contributed by atoms with van der Waals surface area (Å²) in [4.78, 5) is 6.77. The topological polar surface area (TPSA) is 40.2 Å². The van der Waals surface area contributed by atoms with E-state index in [1.54, 1.807) is 0 Å². The van der Waals surface area contributed by atoms with Crippen molar-refractivity contribution < 1.29 is 0 Å². The molecule has 1 aromatic rings. The third-order valence-electron chi connectivity index (χ3n) is 3.87. The third-order valence-corrected chi connectivity index (χ3v) is 3.87. The van der Waals surface area contributed by atoms with E-state index in [0.717, 1.165) is 44.8 Å². The number of pyridine rings is 1. The van der Waals surface area contributed by atoms with Gasteiger partial charge in [-0.05, 0) is 32.0 Å². The van der Waals surface area contributed by atoms with E-state index in [-0.39, 0.29) is 5.54 Å². The fraction of sp³-hybridized carbons (Fsp3) is 0.533. The summed E-state index contributed by atoms with van der Waals surface area (Å²) >= 11 is 0. The molecule has 0 atom stereocenters. The largest absolute Gasteiger partial charge is 0.356 e. The van der Waals surface area contributed by atoms with Crippen LogP contribution >= 0.6 is 0 Å². The van der Waals surface area contributed by atoms with Crippen molar-refractivity contribution in [1.29, 1.82) is 0 Å². The third kappa shape index (κ3) is 3.55. The summed E-state index contributed by atoms with van der Waals surface area (Å²) in [5.74, 6) is 1.08. The highest BCUT2D eigenvalue weighted by Crippen LogP contribution is 2.25. The number of nitrogens with zero attached hydrogens (tertiary/aromatic N) is 2. The molecule has 1 aromatic heterocycles. The van der Waals surface area contributed by atoms with Gasteiger partial charge in [0.15, 0.2) is 0 Å². The summed E-state index contributed by atoms with van der Waals surface area (Å²) in [6.45, 7) is 8.03. The SMILES string of the molecule is C=CC1(NCCNC)CCN(c2ccccn2)CC1. The maximum Gasteiger partial charge on any atom is 0.128 e. The standard InChI is InChI=1S/C15H24N4/c1-3-15(18-11-10-16-2)7-12-19(13-8-15)14-6-4-5-9-17-14/h3-6,9,16,18H,1,7-8,10-13H2,2H3. The van der Waals surface area contributed by atoms with Crippen LogP contribution in [0.2, 0.25) is 0 Å². The molecule has 1 aliphatic heterocycles. The molecule has 0 bridgehead atoms. The van der Waals surface area contributed by atoms with E-state index in [0.29, 0.717) is 0 Å². The van der Waals surface area contributed by atoms with Crippen LogP contribution in [0.3, 0.4) is 0 Å². The molecule has 1 fully saturated rings. The molecule has 2 N–H and O–H groups in total. The second-order valence-corrected chi connectivity index (χ2v) is 5.07. The average Bonchev–Trinajstić information content (AvgIpc) is 2.49. The van der Waals surface area contributed by atoms with E-state index in [1.165, 1.54) is 0 Å². The number of hydrogen-bond acceptors (Lipinski definition) is 4. The van der Waals surface area contributed by atoms with Crippen molar-refractivity contribution in [3.8, 4) is 0 Å². The molecule has 0 radical (unpaired) electrons. The summed E-state index contributed by atoms with van der Waals surface area (Å²) in [5, 5.41) is 6.80. The van der Waals surface area contributed by atoms with Gasteiger partial charge in [-0.2, -0.15) is 0 Å². The van der Waals surface area contributed by atoms with Gasteiger partial charge in [-0.25, -0.2) is 4.98 Å². The lowest BCUT2D eigenvalue weighted by molar-refractivity contribution is 0.324. The van der Waals surface area contributed by atoms with Crippen LogP contribution in [-0.4, -0.2) is 43.7 Å². The van der Waals surface area contributed by atoms with Crippen molar-refractivity contribution in [3.05, 3.63) is 37.1 Å². The highest BCUT2D eigenvalue weighted by atomic mass is 15.2. The minimum absolute atomic E-state index is 0.0854. The molecule has 0 aliphatic carbocycles. The fourth-order valence-corrected chi connectivity index (χ4v) is 2.57. The van der Waals surface area contributed by atoms with Gasteiger partial charge in [0, 0.05) is 37.9 Å². The molecule has 1 saturated heterocycles. The quantitative estimate of drug-likeness (QED) is 0.599. The molecule has 19 heavy (non-hydrogen) atoms. The number of anilines is 1. The van der Waals surface area contributed by atoms with E-state index in [4.69, 9.17) is 0 Å². The molecule has 0 amide bonds. The molecule has 0 saturated carbocycles. The number of nitrogens with one attached hydrogen (secondary N) is 2. The monoisotopic (exact) mass is 260 g/mol. The van der Waals surface area contributed by atoms with E-state index in [1.807, 2.05) is 25.4 Å². The van der Waals surface area contributed by atoms with Crippen LogP contribution in [0.4, 0.5) is 5.82 Å². The molecular weight excluding hydrogens is 236 g/mol. The van der Waals surface area contributed by atoms with Gasteiger partial charge < -0.3 is 15.5 Å². The van der Waals surface area contributed by atoms with Crippen LogP contribution in [0.25, 0.3) is 0 Å². The second-order valence-electron chi connectivity index (χ2n) is 5.07. The fourth-order valence-electron chi connectivity index (χ4n) is 2.57. The van der Waals surface area contributed by atoms with Crippen LogP contribution < -0.4 is 15.5 Å². The zero-order valence-electron chi connectivity index (χ0n) is 11.7. The lowest BCUT2D eigenvalue weighted by atomic mass is 9.87. The smallest absolute Gasteiger partial charge is 0.128 e. The van der Waals surface area contributed by atoms with E-state index < -0.39 is 0 Å². The summed E-state index contributed by atoms with van der Waals surface area (Å²) < 4.78 is 0. The average molecular weight is 260 g/mol. The Morgan fingerprint density at radius 3 is 2.74 bits per heavy atom. The molecule has 2 rings (SSSR count). The van der Waals surface area contributed by atoms with Crippen LogP contribution in [0.15, 0.2) is 37.1 Å². The number of likely N-dealkylation sites (N-methyl/N-ethyl adjacent to an activating group) is 1. The van der Waals surface area contributed by atoms with Gasteiger partial charge in [0.2, 0.25) is 0 Å². The molecule has 0 spiro atoms. The Bertz CT molecular complexity index is 382. The maximum atomic E-state index is 4.42. The number of aromatic nitrogens is 1. The second kappa shape index (κ2) is 6.68. The summed E-state index contributed by atoms with van der Waals surface area (Å²) in [7, 11) is 1.98. The molecule has 1 aliphatic rings. The molecule has 4 heteroatoms. The van der Waals surface area contributed by atoms with E-state index in [2.05, 4.69) is 39.2 Å². The zero-order chi connectivity index (χ0) is 13.6. The van der Waals surface area contributed by atoms with Gasteiger partial charge in [-0.1, -0.05) is 12.1 Å². The number of rotatable bonds is 6. The Morgan fingerprint density at radius 2 is 2.16 bits per heavy atom. The van der Waals surface area contributed by atoms with Crippen molar-refractivity contribution in [2.24, 2.45) is 0 Å². The molecule has 4 nitrogen and oxygen atoms in total. The van der Waals surface area contributed by atoms with Crippen LogP contribution in [-0.2, 0) is 0 Å². The van der Waals surface area contributed by atoms with Gasteiger partial charge in [0.25, 0.3) is 0 Å². The first-order chi connectivity index (χ1) is 9.29. The first kappa shape index (κ1) is 14.0. The molecule has 0 unspecified atom stereocenters. The molecule has 2 heterocycles. The van der Waals surface area contributed by atoms with Gasteiger partial charge in [-0.15, -0.1) is 6.58 Å². The lowest BCUT2D eigenvalue weighted by Crippen LogP contribution is -2.53. The van der Waals surface area contributed by atoms with Crippen LogP contribution in [0, 0.1) is 0 Å². The Balaban J connectivity index is 1.91. The van der Waals surface area contributed by atoms with Gasteiger partial charge in [0.1, 0.15) is 5.82 Å². The summed E-state index contributed by atoms with van der Waals surface area (Å²) in [5.41, 5.74) is 0.0854. The minimum Gasteiger partial charge on any atom is -0.356 e. The van der Waals surface area contributed by atoms with Crippen LogP contribution in [0.1, 0.15) is 12.8 Å². The molecular formula is C15H24N4. The van der Waals surface area contributed by atoms with Gasteiger partial charge in [-0.3, -0.25) is 0 Å². The maximum absolute atomic E-state index is 4.42. The Labute approximate surface area is 115 Å². The normalized spacial score (nSPS) is 18.3. The van der Waals surface area contributed by atoms with E-state index in [9.17, 15) is 0 Å². The van der Waals surface area contributed by atoms with Gasteiger partial charge >= 0.3 is 0 Å². The molecule has 0 aromatic carbocycles. The summed E-state index contributed by atoms with van der Waals surface area (Å²) in [6, 6.07) is 6.08. The predicted molar refractivity (Wildman–Crippen MR) is 80.5 cm³/mol.